The summed E-state index contributed by atoms with van der Waals surface area (Å²) in [5.41, 5.74) is 0. The van der Waals surface area contributed by atoms with Crippen molar-refractivity contribution in [2.24, 2.45) is 5.92 Å². The Bertz CT molecular complexity index is 742. The summed E-state index contributed by atoms with van der Waals surface area (Å²) >= 11 is 0. The maximum atomic E-state index is 12.6. The van der Waals surface area contributed by atoms with Gasteiger partial charge in [0.2, 0.25) is 11.9 Å². The highest BCUT2D eigenvalue weighted by molar-refractivity contribution is 5.78. The molecule has 7 heteroatoms. The summed E-state index contributed by atoms with van der Waals surface area (Å²) in [4.78, 5) is 29.2. The molecule has 3 fully saturated rings. The Morgan fingerprint density at radius 2 is 1.76 bits per heavy atom. The number of amides is 1. The molecular formula is C26H44N6O. The van der Waals surface area contributed by atoms with Gasteiger partial charge in [0.25, 0.3) is 0 Å². The summed E-state index contributed by atoms with van der Waals surface area (Å²) in [6.07, 6.45) is 13.9. The van der Waals surface area contributed by atoms with Crippen molar-refractivity contribution in [2.75, 3.05) is 49.5 Å². The summed E-state index contributed by atoms with van der Waals surface area (Å²) in [6, 6.07) is 3.02. The number of anilines is 2. The molecule has 0 saturated carbocycles. The number of carbonyl (C=O) groups is 1. The number of carbonyl (C=O) groups excluding carboxylic acids is 1. The zero-order valence-electron chi connectivity index (χ0n) is 20.8. The van der Waals surface area contributed by atoms with E-state index in [4.69, 9.17) is 4.98 Å². The first-order chi connectivity index (χ1) is 16.1. The number of hydrogen-bond donors (Lipinski definition) is 1. The Balaban J connectivity index is 1.32. The highest BCUT2D eigenvalue weighted by Gasteiger charge is 2.30. The molecule has 0 aromatic carbocycles. The Kier molecular flexibility index (Phi) is 8.82. The van der Waals surface area contributed by atoms with Crippen LogP contribution in [0.4, 0.5) is 11.8 Å². The molecule has 0 bridgehead atoms. The summed E-state index contributed by atoms with van der Waals surface area (Å²) in [6.45, 7) is 10.4. The van der Waals surface area contributed by atoms with Gasteiger partial charge in [-0.3, -0.25) is 9.69 Å². The molecule has 7 nitrogen and oxygen atoms in total. The van der Waals surface area contributed by atoms with Crippen molar-refractivity contribution in [3.63, 3.8) is 0 Å². The molecule has 33 heavy (non-hydrogen) atoms. The molecule has 2 atom stereocenters. The van der Waals surface area contributed by atoms with Gasteiger partial charge in [-0.25, -0.2) is 4.98 Å². The number of piperidine rings is 1. The SMILES string of the molecule is CCC(C)C(=O)N1CCC(N2CCCCC(Nc3nccc(N4CCCCCC4)n3)C2)CC1. The number of aromatic nitrogens is 2. The van der Waals surface area contributed by atoms with Crippen LogP contribution in [0.15, 0.2) is 12.3 Å². The van der Waals surface area contributed by atoms with Crippen LogP contribution in [0.3, 0.4) is 0 Å². The molecule has 0 radical (unpaired) electrons. The van der Waals surface area contributed by atoms with Crippen LogP contribution in [0.5, 0.6) is 0 Å². The van der Waals surface area contributed by atoms with Crippen LogP contribution in [0.2, 0.25) is 0 Å². The first-order valence-electron chi connectivity index (χ1n) is 13.5. The molecular weight excluding hydrogens is 412 g/mol. The monoisotopic (exact) mass is 456 g/mol. The number of likely N-dealkylation sites (tertiary alicyclic amines) is 2. The number of rotatable bonds is 6. The Morgan fingerprint density at radius 3 is 2.48 bits per heavy atom. The average molecular weight is 457 g/mol. The number of hydrogen-bond acceptors (Lipinski definition) is 6. The summed E-state index contributed by atoms with van der Waals surface area (Å²) in [7, 11) is 0. The lowest BCUT2D eigenvalue weighted by Gasteiger charge is -2.39. The van der Waals surface area contributed by atoms with E-state index < -0.39 is 0 Å². The van der Waals surface area contributed by atoms with Gasteiger partial charge in [-0.1, -0.05) is 33.1 Å². The highest BCUT2D eigenvalue weighted by Crippen LogP contribution is 2.24. The van der Waals surface area contributed by atoms with Crippen molar-refractivity contribution in [2.45, 2.75) is 90.1 Å². The minimum absolute atomic E-state index is 0.151. The number of nitrogens with one attached hydrogen (secondary N) is 1. The largest absolute Gasteiger partial charge is 0.356 e. The molecule has 0 aliphatic carbocycles. The lowest BCUT2D eigenvalue weighted by Crippen LogP contribution is -2.49. The first-order valence-corrected chi connectivity index (χ1v) is 13.5. The third-order valence-corrected chi connectivity index (χ3v) is 7.93. The van der Waals surface area contributed by atoms with E-state index in [9.17, 15) is 4.79 Å². The molecule has 3 aliphatic rings. The first kappa shape index (κ1) is 24.2. The Labute approximate surface area is 200 Å². The van der Waals surface area contributed by atoms with Crippen LogP contribution >= 0.6 is 0 Å². The second kappa shape index (κ2) is 12.0. The van der Waals surface area contributed by atoms with Crippen molar-refractivity contribution >= 4 is 17.7 Å². The highest BCUT2D eigenvalue weighted by atomic mass is 16.2. The lowest BCUT2D eigenvalue weighted by molar-refractivity contribution is -0.136. The van der Waals surface area contributed by atoms with Gasteiger partial charge in [0, 0.05) is 56.9 Å². The Morgan fingerprint density at radius 1 is 1.03 bits per heavy atom. The predicted octanol–water partition coefficient (Wildman–Crippen LogP) is 4.16. The minimum atomic E-state index is 0.151. The van der Waals surface area contributed by atoms with Gasteiger partial charge in [0.05, 0.1) is 0 Å². The van der Waals surface area contributed by atoms with Crippen LogP contribution < -0.4 is 10.2 Å². The summed E-state index contributed by atoms with van der Waals surface area (Å²) < 4.78 is 0. The standard InChI is InChI=1S/C26H44N6O/c1-3-21(2)25(33)31-18-12-23(13-19-31)32-17-9-6-10-22(20-32)28-26-27-14-11-24(29-26)30-15-7-4-5-8-16-30/h11,14,21-23H,3-10,12-13,15-20H2,1-2H3,(H,27,28,29). The van der Waals surface area contributed by atoms with Crippen LogP contribution in [0.25, 0.3) is 0 Å². The summed E-state index contributed by atoms with van der Waals surface area (Å²) in [5, 5.41) is 3.68. The molecule has 4 rings (SSSR count). The zero-order valence-corrected chi connectivity index (χ0v) is 20.8. The molecule has 2 unspecified atom stereocenters. The van der Waals surface area contributed by atoms with E-state index in [1.54, 1.807) is 0 Å². The van der Waals surface area contributed by atoms with E-state index >= 15 is 0 Å². The van der Waals surface area contributed by atoms with E-state index in [2.05, 4.69) is 44.9 Å². The van der Waals surface area contributed by atoms with E-state index in [0.717, 1.165) is 70.3 Å². The molecule has 3 saturated heterocycles. The lowest BCUT2D eigenvalue weighted by atomic mass is 10.00. The molecule has 1 N–H and O–H groups in total. The van der Waals surface area contributed by atoms with Gasteiger partial charge in [-0.2, -0.15) is 4.98 Å². The zero-order chi connectivity index (χ0) is 23.0. The van der Waals surface area contributed by atoms with Gasteiger partial charge in [-0.15, -0.1) is 0 Å². The third kappa shape index (κ3) is 6.58. The fraction of sp³-hybridized carbons (Fsp3) is 0.808. The van der Waals surface area contributed by atoms with Gasteiger partial charge in [0.15, 0.2) is 0 Å². The third-order valence-electron chi connectivity index (χ3n) is 7.93. The molecule has 4 heterocycles. The number of nitrogens with zero attached hydrogens (tertiary/aromatic N) is 5. The van der Waals surface area contributed by atoms with Crippen molar-refractivity contribution in [1.29, 1.82) is 0 Å². The minimum Gasteiger partial charge on any atom is -0.356 e. The van der Waals surface area contributed by atoms with E-state index in [1.165, 1.54) is 44.9 Å². The van der Waals surface area contributed by atoms with Gasteiger partial charge in [0.1, 0.15) is 5.82 Å². The van der Waals surface area contributed by atoms with Crippen LogP contribution in [0, 0.1) is 5.92 Å². The van der Waals surface area contributed by atoms with Crippen molar-refractivity contribution in [3.05, 3.63) is 12.3 Å². The van der Waals surface area contributed by atoms with Crippen LogP contribution in [-0.2, 0) is 4.79 Å². The molecule has 3 aliphatic heterocycles. The summed E-state index contributed by atoms with van der Waals surface area (Å²) in [5.74, 6) is 2.34. The van der Waals surface area contributed by atoms with Gasteiger partial charge in [-0.05, 0) is 57.6 Å². The Hall–Kier alpha value is -1.89. The molecule has 1 aromatic heterocycles. The fourth-order valence-electron chi connectivity index (χ4n) is 5.64. The van der Waals surface area contributed by atoms with Crippen molar-refractivity contribution in [1.82, 2.24) is 19.8 Å². The molecule has 184 valence electrons. The second-order valence-corrected chi connectivity index (χ2v) is 10.3. The maximum Gasteiger partial charge on any atom is 0.225 e. The fourth-order valence-corrected chi connectivity index (χ4v) is 5.64. The van der Waals surface area contributed by atoms with Crippen molar-refractivity contribution in [3.8, 4) is 0 Å². The maximum absolute atomic E-state index is 12.6. The van der Waals surface area contributed by atoms with Crippen molar-refractivity contribution < 1.29 is 4.79 Å². The van der Waals surface area contributed by atoms with Gasteiger partial charge < -0.3 is 15.1 Å². The van der Waals surface area contributed by atoms with Gasteiger partial charge >= 0.3 is 0 Å². The molecule has 1 amide bonds. The van der Waals surface area contributed by atoms with E-state index in [1.807, 2.05) is 6.20 Å². The average Bonchev–Trinajstić information content (AvgIpc) is 3.27. The molecule has 0 spiro atoms. The smallest absolute Gasteiger partial charge is 0.225 e. The van der Waals surface area contributed by atoms with E-state index in [-0.39, 0.29) is 5.92 Å². The normalized spacial score (nSPS) is 24.7. The van der Waals surface area contributed by atoms with Crippen LogP contribution in [0.1, 0.15) is 78.1 Å². The topological polar surface area (TPSA) is 64.6 Å². The molecule has 1 aromatic rings. The second-order valence-electron chi connectivity index (χ2n) is 10.3. The quantitative estimate of drug-likeness (QED) is 0.693. The predicted molar refractivity (Wildman–Crippen MR) is 135 cm³/mol. The van der Waals surface area contributed by atoms with Crippen LogP contribution in [-0.4, -0.2) is 77.0 Å². The van der Waals surface area contributed by atoms with E-state index in [0.29, 0.717) is 18.0 Å².